The first-order valence-electron chi connectivity index (χ1n) is 7.58. The molecule has 0 bridgehead atoms. The van der Waals surface area contributed by atoms with Crippen LogP contribution in [0.4, 0.5) is 5.69 Å². The van der Waals surface area contributed by atoms with E-state index in [9.17, 15) is 10.1 Å². The molecule has 0 saturated heterocycles. The zero-order chi connectivity index (χ0) is 18.7. The summed E-state index contributed by atoms with van der Waals surface area (Å²) < 4.78 is 16.8. The summed E-state index contributed by atoms with van der Waals surface area (Å²) in [7, 11) is 4.71. The summed E-state index contributed by atoms with van der Waals surface area (Å²) in [5.74, 6) is 1.80. The van der Waals surface area contributed by atoms with Crippen LogP contribution in [-0.2, 0) is 0 Å². The summed E-state index contributed by atoms with van der Waals surface area (Å²) in [6.07, 6.45) is 3.69. The van der Waals surface area contributed by atoms with Crippen molar-refractivity contribution in [2.24, 2.45) is 0 Å². The minimum atomic E-state index is -0.414. The van der Waals surface area contributed by atoms with E-state index in [1.807, 2.05) is 18.2 Å². The van der Waals surface area contributed by atoms with Crippen LogP contribution in [0.3, 0.4) is 0 Å². The predicted molar refractivity (Wildman–Crippen MR) is 101 cm³/mol. The topological polar surface area (TPSA) is 83.7 Å². The second-order valence-electron chi connectivity index (χ2n) is 5.24. The fraction of sp³-hybridized carbons (Fsp3) is 0.167. The van der Waals surface area contributed by atoms with E-state index in [0.29, 0.717) is 17.2 Å². The molecule has 0 spiro atoms. The van der Waals surface area contributed by atoms with Crippen LogP contribution < -0.4 is 14.2 Å². The Morgan fingerprint density at radius 1 is 1.00 bits per heavy atom. The van der Waals surface area contributed by atoms with Crippen molar-refractivity contribution in [2.75, 3.05) is 21.3 Å². The highest BCUT2D eigenvalue weighted by atomic mass is 32.1. The van der Waals surface area contributed by atoms with Gasteiger partial charge in [-0.05, 0) is 24.3 Å². The first-order chi connectivity index (χ1) is 12.5. The van der Waals surface area contributed by atoms with Crippen LogP contribution in [0.2, 0.25) is 0 Å². The van der Waals surface area contributed by atoms with E-state index in [-0.39, 0.29) is 5.69 Å². The molecule has 7 nitrogen and oxygen atoms in total. The molecule has 2 aromatic carbocycles. The van der Waals surface area contributed by atoms with Gasteiger partial charge in [0.2, 0.25) is 0 Å². The number of benzene rings is 2. The summed E-state index contributed by atoms with van der Waals surface area (Å²) in [5, 5.41) is 11.6. The van der Waals surface area contributed by atoms with Crippen molar-refractivity contribution in [2.45, 2.75) is 0 Å². The Morgan fingerprint density at radius 3 is 2.35 bits per heavy atom. The third-order valence-corrected chi connectivity index (χ3v) is 4.72. The molecule has 0 aliphatic heterocycles. The molecule has 0 aliphatic carbocycles. The molecular weight excluding hydrogens is 356 g/mol. The lowest BCUT2D eigenvalue weighted by molar-refractivity contribution is -0.384. The smallest absolute Gasteiger partial charge is 0.270 e. The van der Waals surface area contributed by atoms with Gasteiger partial charge in [-0.2, -0.15) is 0 Å². The van der Waals surface area contributed by atoms with Gasteiger partial charge in [0.25, 0.3) is 5.69 Å². The zero-order valence-electron chi connectivity index (χ0n) is 14.4. The number of ether oxygens (including phenoxy) is 3. The molecular formula is C18H16N2O5S. The van der Waals surface area contributed by atoms with E-state index in [2.05, 4.69) is 4.98 Å². The van der Waals surface area contributed by atoms with Crippen molar-refractivity contribution in [3.05, 3.63) is 51.0 Å². The molecule has 0 aliphatic rings. The second kappa shape index (κ2) is 7.40. The first kappa shape index (κ1) is 17.7. The molecule has 0 fully saturated rings. The number of rotatable bonds is 6. The van der Waals surface area contributed by atoms with Crippen LogP contribution >= 0.6 is 11.3 Å². The standard InChI is InChI=1S/C18H16N2O5S/c1-23-14-10-16(25-3)15(24-2)8-11(14)4-7-18-19-13-6-5-12(20(21)22)9-17(13)26-18/h4-10H,1-3H3/b7-4+. The molecule has 134 valence electrons. The predicted octanol–water partition coefficient (Wildman–Crippen LogP) is 4.40. The van der Waals surface area contributed by atoms with Crippen LogP contribution in [0.5, 0.6) is 17.2 Å². The maximum absolute atomic E-state index is 10.9. The fourth-order valence-corrected chi connectivity index (χ4v) is 3.36. The summed E-state index contributed by atoms with van der Waals surface area (Å²) in [6, 6.07) is 8.19. The number of hydrogen-bond donors (Lipinski definition) is 0. The van der Waals surface area contributed by atoms with Gasteiger partial charge in [-0.15, -0.1) is 11.3 Å². The molecule has 1 aromatic heterocycles. The number of non-ortho nitro benzene ring substituents is 1. The minimum absolute atomic E-state index is 0.0539. The average Bonchev–Trinajstić information content (AvgIpc) is 3.07. The van der Waals surface area contributed by atoms with E-state index >= 15 is 0 Å². The Morgan fingerprint density at radius 2 is 1.69 bits per heavy atom. The maximum atomic E-state index is 10.9. The number of nitro benzene ring substituents is 1. The summed E-state index contributed by atoms with van der Waals surface area (Å²) in [4.78, 5) is 14.9. The van der Waals surface area contributed by atoms with Crippen molar-refractivity contribution in [3.8, 4) is 17.2 Å². The molecule has 26 heavy (non-hydrogen) atoms. The van der Waals surface area contributed by atoms with Gasteiger partial charge in [-0.25, -0.2) is 4.98 Å². The van der Waals surface area contributed by atoms with Crippen LogP contribution in [0, 0.1) is 10.1 Å². The summed E-state index contributed by atoms with van der Waals surface area (Å²) >= 11 is 1.38. The third kappa shape index (κ3) is 3.45. The number of fused-ring (bicyclic) bond motifs is 1. The molecule has 0 unspecified atom stereocenters. The Labute approximate surface area is 153 Å². The summed E-state index contributed by atoms with van der Waals surface area (Å²) in [5.41, 5.74) is 1.58. The van der Waals surface area contributed by atoms with Crippen molar-refractivity contribution < 1.29 is 19.1 Å². The molecule has 0 atom stereocenters. The largest absolute Gasteiger partial charge is 0.496 e. The van der Waals surface area contributed by atoms with Gasteiger partial charge in [0.15, 0.2) is 11.5 Å². The van der Waals surface area contributed by atoms with Crippen LogP contribution in [-0.4, -0.2) is 31.2 Å². The Kier molecular flexibility index (Phi) is 5.04. The SMILES string of the molecule is COc1cc(OC)c(OC)cc1/C=C/c1nc2ccc([N+](=O)[O-])cc2s1. The van der Waals surface area contributed by atoms with Gasteiger partial charge < -0.3 is 14.2 Å². The molecule has 0 saturated carbocycles. The monoisotopic (exact) mass is 372 g/mol. The number of nitrogens with zero attached hydrogens (tertiary/aromatic N) is 2. The Bertz CT molecular complexity index is 997. The van der Waals surface area contributed by atoms with Crippen molar-refractivity contribution in [3.63, 3.8) is 0 Å². The van der Waals surface area contributed by atoms with E-state index in [1.165, 1.54) is 23.5 Å². The van der Waals surface area contributed by atoms with E-state index in [1.54, 1.807) is 33.5 Å². The summed E-state index contributed by atoms with van der Waals surface area (Å²) in [6.45, 7) is 0. The molecule has 0 N–H and O–H groups in total. The highest BCUT2D eigenvalue weighted by Crippen LogP contribution is 2.36. The Hall–Kier alpha value is -3.13. The maximum Gasteiger partial charge on any atom is 0.270 e. The number of hydrogen-bond acceptors (Lipinski definition) is 7. The number of thiazole rings is 1. The lowest BCUT2D eigenvalue weighted by Gasteiger charge is -2.11. The highest BCUT2D eigenvalue weighted by Gasteiger charge is 2.11. The molecule has 0 amide bonds. The number of methoxy groups -OCH3 is 3. The van der Waals surface area contributed by atoms with Crippen LogP contribution in [0.1, 0.15) is 10.6 Å². The molecule has 3 rings (SSSR count). The van der Waals surface area contributed by atoms with Crippen molar-refractivity contribution in [1.29, 1.82) is 0 Å². The van der Waals surface area contributed by atoms with E-state index < -0.39 is 4.92 Å². The number of nitro groups is 1. The first-order valence-corrected chi connectivity index (χ1v) is 8.40. The van der Waals surface area contributed by atoms with Gasteiger partial charge in [-0.3, -0.25) is 10.1 Å². The lowest BCUT2D eigenvalue weighted by atomic mass is 10.1. The zero-order valence-corrected chi connectivity index (χ0v) is 15.2. The van der Waals surface area contributed by atoms with Crippen molar-refractivity contribution >= 4 is 39.4 Å². The van der Waals surface area contributed by atoms with Gasteiger partial charge in [-0.1, -0.05) is 0 Å². The van der Waals surface area contributed by atoms with Crippen molar-refractivity contribution in [1.82, 2.24) is 4.98 Å². The van der Waals surface area contributed by atoms with E-state index in [0.717, 1.165) is 20.8 Å². The molecule has 0 radical (unpaired) electrons. The lowest BCUT2D eigenvalue weighted by Crippen LogP contribution is -1.94. The second-order valence-corrected chi connectivity index (χ2v) is 6.31. The molecule has 3 aromatic rings. The van der Waals surface area contributed by atoms with E-state index in [4.69, 9.17) is 14.2 Å². The normalized spacial score (nSPS) is 11.0. The number of aromatic nitrogens is 1. The minimum Gasteiger partial charge on any atom is -0.496 e. The average molecular weight is 372 g/mol. The molecule has 8 heteroatoms. The fourth-order valence-electron chi connectivity index (χ4n) is 2.46. The van der Waals surface area contributed by atoms with Gasteiger partial charge >= 0.3 is 0 Å². The van der Waals surface area contributed by atoms with Gasteiger partial charge in [0, 0.05) is 23.8 Å². The quantitative estimate of drug-likeness (QED) is 0.471. The Balaban J connectivity index is 1.96. The van der Waals surface area contributed by atoms with Gasteiger partial charge in [0.05, 0.1) is 36.5 Å². The van der Waals surface area contributed by atoms with Gasteiger partial charge in [0.1, 0.15) is 10.8 Å². The van der Waals surface area contributed by atoms with Crippen LogP contribution in [0.25, 0.3) is 22.4 Å². The molecule has 1 heterocycles. The highest BCUT2D eigenvalue weighted by molar-refractivity contribution is 7.19. The van der Waals surface area contributed by atoms with Crippen LogP contribution in [0.15, 0.2) is 30.3 Å². The third-order valence-electron chi connectivity index (χ3n) is 3.74.